The SMILES string of the molecule is C#CCN=C(N)N(CC)CC.I. The van der Waals surface area contributed by atoms with Crippen LogP contribution in [0.25, 0.3) is 0 Å². The third kappa shape index (κ3) is 5.24. The lowest BCUT2D eigenvalue weighted by molar-refractivity contribution is 0.459. The number of guanidine groups is 1. The second kappa shape index (κ2) is 8.65. The molecule has 0 rings (SSSR count). The quantitative estimate of drug-likeness (QED) is 0.361. The second-order valence-electron chi connectivity index (χ2n) is 2.05. The Morgan fingerprint density at radius 2 is 2.00 bits per heavy atom. The molecule has 2 N–H and O–H groups in total. The molecule has 0 fully saturated rings. The lowest BCUT2D eigenvalue weighted by Crippen LogP contribution is -2.37. The predicted octanol–water partition coefficient (Wildman–Crippen LogP) is 0.894. The number of nitrogens with zero attached hydrogens (tertiary/aromatic N) is 2. The summed E-state index contributed by atoms with van der Waals surface area (Å²) in [5.74, 6) is 2.94. The van der Waals surface area contributed by atoms with Crippen molar-refractivity contribution in [2.45, 2.75) is 13.8 Å². The van der Waals surface area contributed by atoms with E-state index in [-0.39, 0.29) is 24.0 Å². The summed E-state index contributed by atoms with van der Waals surface area (Å²) in [7, 11) is 0. The Kier molecular flexibility index (Phi) is 10.2. The average Bonchev–Trinajstić information content (AvgIpc) is 2.03. The Morgan fingerprint density at radius 3 is 2.33 bits per heavy atom. The molecule has 0 aliphatic heterocycles. The zero-order valence-electron chi connectivity index (χ0n) is 7.58. The van der Waals surface area contributed by atoms with Crippen LogP contribution in [0.3, 0.4) is 0 Å². The van der Waals surface area contributed by atoms with Crippen LogP contribution in [0.2, 0.25) is 0 Å². The van der Waals surface area contributed by atoms with Gasteiger partial charge in [-0.25, -0.2) is 4.99 Å². The largest absolute Gasteiger partial charge is 0.370 e. The number of rotatable bonds is 3. The van der Waals surface area contributed by atoms with Crippen molar-refractivity contribution in [1.82, 2.24) is 4.90 Å². The minimum Gasteiger partial charge on any atom is -0.370 e. The van der Waals surface area contributed by atoms with Crippen LogP contribution in [0.15, 0.2) is 4.99 Å². The monoisotopic (exact) mass is 281 g/mol. The van der Waals surface area contributed by atoms with Crippen molar-refractivity contribution in [3.8, 4) is 12.3 Å². The molecule has 0 aromatic carbocycles. The molecule has 0 atom stereocenters. The van der Waals surface area contributed by atoms with Gasteiger partial charge in [-0.2, -0.15) is 0 Å². The summed E-state index contributed by atoms with van der Waals surface area (Å²) < 4.78 is 0. The molecule has 0 aliphatic rings. The molecule has 0 radical (unpaired) electrons. The molecule has 0 heterocycles. The van der Waals surface area contributed by atoms with Crippen LogP contribution in [0.4, 0.5) is 0 Å². The first-order chi connectivity index (χ1) is 5.26. The van der Waals surface area contributed by atoms with E-state index in [1.807, 2.05) is 18.7 Å². The van der Waals surface area contributed by atoms with E-state index in [2.05, 4.69) is 10.9 Å². The van der Waals surface area contributed by atoms with E-state index in [0.29, 0.717) is 12.5 Å². The van der Waals surface area contributed by atoms with Gasteiger partial charge in [0.15, 0.2) is 5.96 Å². The lowest BCUT2D eigenvalue weighted by Gasteiger charge is -2.18. The van der Waals surface area contributed by atoms with Gasteiger partial charge >= 0.3 is 0 Å². The molecule has 3 nitrogen and oxygen atoms in total. The highest BCUT2D eigenvalue weighted by molar-refractivity contribution is 14.0. The van der Waals surface area contributed by atoms with Crippen LogP contribution in [0, 0.1) is 12.3 Å². The molecular formula is C8H16IN3. The Labute approximate surface area is 91.4 Å². The minimum absolute atomic E-state index is 0. The molecule has 0 amide bonds. The van der Waals surface area contributed by atoms with Gasteiger partial charge in [-0.1, -0.05) is 5.92 Å². The van der Waals surface area contributed by atoms with Crippen molar-refractivity contribution >= 4 is 29.9 Å². The predicted molar refractivity (Wildman–Crippen MR) is 63.7 cm³/mol. The van der Waals surface area contributed by atoms with E-state index in [1.54, 1.807) is 0 Å². The Morgan fingerprint density at radius 1 is 1.50 bits per heavy atom. The van der Waals surface area contributed by atoms with Crippen LogP contribution in [0.1, 0.15) is 13.8 Å². The van der Waals surface area contributed by atoms with Crippen LogP contribution in [-0.4, -0.2) is 30.5 Å². The number of nitrogens with two attached hydrogens (primary N) is 1. The number of terminal acetylenes is 1. The summed E-state index contributed by atoms with van der Waals surface area (Å²) in [5.41, 5.74) is 5.61. The molecule has 0 aliphatic carbocycles. The molecular weight excluding hydrogens is 265 g/mol. The zero-order valence-corrected chi connectivity index (χ0v) is 9.91. The second-order valence-corrected chi connectivity index (χ2v) is 2.05. The summed E-state index contributed by atoms with van der Waals surface area (Å²) in [6, 6.07) is 0. The van der Waals surface area contributed by atoms with Crippen molar-refractivity contribution in [2.75, 3.05) is 19.6 Å². The normalized spacial score (nSPS) is 9.92. The molecule has 70 valence electrons. The van der Waals surface area contributed by atoms with Gasteiger partial charge < -0.3 is 10.6 Å². The maximum absolute atomic E-state index is 5.61. The van der Waals surface area contributed by atoms with Crippen LogP contribution in [0.5, 0.6) is 0 Å². The van der Waals surface area contributed by atoms with Gasteiger partial charge in [0.05, 0.1) is 0 Å². The number of halogens is 1. The first-order valence-electron chi connectivity index (χ1n) is 3.74. The van der Waals surface area contributed by atoms with Crippen molar-refractivity contribution in [3.63, 3.8) is 0 Å². The summed E-state index contributed by atoms with van der Waals surface area (Å²) in [4.78, 5) is 5.92. The van der Waals surface area contributed by atoms with Crippen LogP contribution < -0.4 is 5.73 Å². The van der Waals surface area contributed by atoms with Crippen molar-refractivity contribution in [3.05, 3.63) is 0 Å². The standard InChI is InChI=1S/C8H15N3.HI/c1-4-7-10-8(9)11(5-2)6-3;/h1H,5-7H2,2-3H3,(H2,9,10);1H. The minimum atomic E-state index is 0. The summed E-state index contributed by atoms with van der Waals surface area (Å²) in [6.07, 6.45) is 5.03. The fourth-order valence-corrected chi connectivity index (χ4v) is 0.774. The van der Waals surface area contributed by atoms with Crippen molar-refractivity contribution in [2.24, 2.45) is 10.7 Å². The molecule has 4 heteroatoms. The molecule has 0 unspecified atom stereocenters. The fourth-order valence-electron chi connectivity index (χ4n) is 0.774. The summed E-state index contributed by atoms with van der Waals surface area (Å²) in [5, 5.41) is 0. The molecule has 0 saturated carbocycles. The van der Waals surface area contributed by atoms with Crippen molar-refractivity contribution < 1.29 is 0 Å². The first-order valence-corrected chi connectivity index (χ1v) is 3.74. The maximum Gasteiger partial charge on any atom is 0.192 e. The maximum atomic E-state index is 5.61. The van der Waals surface area contributed by atoms with E-state index < -0.39 is 0 Å². The molecule has 0 spiro atoms. The van der Waals surface area contributed by atoms with Crippen molar-refractivity contribution in [1.29, 1.82) is 0 Å². The summed E-state index contributed by atoms with van der Waals surface area (Å²) >= 11 is 0. The first kappa shape index (κ1) is 14.1. The molecule has 0 aromatic heterocycles. The highest BCUT2D eigenvalue weighted by Crippen LogP contribution is 1.85. The van der Waals surface area contributed by atoms with E-state index in [0.717, 1.165) is 13.1 Å². The van der Waals surface area contributed by atoms with Gasteiger partial charge in [0.25, 0.3) is 0 Å². The third-order valence-corrected chi connectivity index (χ3v) is 1.42. The number of hydrogen-bond donors (Lipinski definition) is 1. The Hall–Kier alpha value is -0.440. The van der Waals surface area contributed by atoms with Crippen LogP contribution in [-0.2, 0) is 0 Å². The van der Waals surface area contributed by atoms with Gasteiger partial charge in [-0.3, -0.25) is 0 Å². The van der Waals surface area contributed by atoms with E-state index in [9.17, 15) is 0 Å². The van der Waals surface area contributed by atoms with Crippen LogP contribution >= 0.6 is 24.0 Å². The smallest absolute Gasteiger partial charge is 0.192 e. The number of aliphatic imine (C=N–C) groups is 1. The van der Waals surface area contributed by atoms with E-state index in [4.69, 9.17) is 12.2 Å². The summed E-state index contributed by atoms with van der Waals surface area (Å²) in [6.45, 7) is 6.17. The zero-order chi connectivity index (χ0) is 8.69. The number of hydrogen-bond acceptors (Lipinski definition) is 1. The molecule has 12 heavy (non-hydrogen) atoms. The van der Waals surface area contributed by atoms with Gasteiger partial charge in [-0.05, 0) is 13.8 Å². The lowest BCUT2D eigenvalue weighted by atomic mass is 10.5. The Bertz CT molecular complexity index is 168. The highest BCUT2D eigenvalue weighted by Gasteiger charge is 1.99. The topological polar surface area (TPSA) is 41.6 Å². The van der Waals surface area contributed by atoms with E-state index >= 15 is 0 Å². The van der Waals surface area contributed by atoms with Gasteiger partial charge in [-0.15, -0.1) is 30.4 Å². The fraction of sp³-hybridized carbons (Fsp3) is 0.625. The Balaban J connectivity index is 0. The molecule has 0 bridgehead atoms. The molecule has 0 saturated heterocycles. The molecule has 0 aromatic rings. The van der Waals surface area contributed by atoms with E-state index in [1.165, 1.54) is 0 Å². The highest BCUT2D eigenvalue weighted by atomic mass is 127. The van der Waals surface area contributed by atoms with Gasteiger partial charge in [0.1, 0.15) is 6.54 Å². The average molecular weight is 281 g/mol. The van der Waals surface area contributed by atoms with Gasteiger partial charge in [0, 0.05) is 13.1 Å². The van der Waals surface area contributed by atoms with Gasteiger partial charge in [0.2, 0.25) is 0 Å². The third-order valence-electron chi connectivity index (χ3n) is 1.42.